The van der Waals surface area contributed by atoms with Crippen molar-refractivity contribution in [2.75, 3.05) is 20.2 Å². The van der Waals surface area contributed by atoms with Gasteiger partial charge in [0.2, 0.25) is 0 Å². The summed E-state index contributed by atoms with van der Waals surface area (Å²) in [6.45, 7) is 4.75. The molecule has 2 atom stereocenters. The molecule has 0 radical (unpaired) electrons. The molecule has 1 aliphatic rings. The summed E-state index contributed by atoms with van der Waals surface area (Å²) in [5.74, 6) is 0.0711. The molecular weight excluding hydrogens is 254 g/mol. The van der Waals surface area contributed by atoms with Gasteiger partial charge in [0.05, 0.1) is 18.8 Å². The molecule has 1 fully saturated rings. The number of aliphatic hydroxyl groups is 1. The summed E-state index contributed by atoms with van der Waals surface area (Å²) in [6.07, 6.45) is 2.00. The van der Waals surface area contributed by atoms with Crippen LogP contribution in [0.25, 0.3) is 0 Å². The number of carbonyl (C=O) groups is 1. The number of piperidine rings is 1. The van der Waals surface area contributed by atoms with Crippen molar-refractivity contribution in [2.24, 2.45) is 5.92 Å². The van der Waals surface area contributed by atoms with Crippen LogP contribution in [-0.4, -0.2) is 42.3 Å². The minimum absolute atomic E-state index is 0.237. The van der Waals surface area contributed by atoms with Crippen molar-refractivity contribution in [3.63, 3.8) is 0 Å². The molecule has 1 aliphatic heterocycles. The number of rotatable bonds is 4. The number of methoxy groups -OCH3 is 1. The van der Waals surface area contributed by atoms with Crippen molar-refractivity contribution < 1.29 is 14.6 Å². The Balaban J connectivity index is 1.94. The number of likely N-dealkylation sites (tertiary alicyclic amines) is 1. The van der Waals surface area contributed by atoms with Crippen molar-refractivity contribution in [2.45, 2.75) is 32.4 Å². The van der Waals surface area contributed by atoms with Crippen LogP contribution >= 0.6 is 0 Å². The first-order valence-electron chi connectivity index (χ1n) is 7.18. The Hall–Kier alpha value is -1.39. The molecule has 0 spiro atoms. The summed E-state index contributed by atoms with van der Waals surface area (Å²) in [5, 5.41) is 9.71. The van der Waals surface area contributed by atoms with Gasteiger partial charge in [0, 0.05) is 13.1 Å². The summed E-state index contributed by atoms with van der Waals surface area (Å²) in [4.78, 5) is 13.7. The quantitative estimate of drug-likeness (QED) is 0.856. The maximum Gasteiger partial charge on any atom is 0.337 e. The predicted octanol–water partition coefficient (Wildman–Crippen LogP) is 2.07. The molecule has 0 aromatic heterocycles. The van der Waals surface area contributed by atoms with Gasteiger partial charge in [-0.15, -0.1) is 0 Å². The van der Waals surface area contributed by atoms with Gasteiger partial charge < -0.3 is 9.84 Å². The second-order valence-electron chi connectivity index (χ2n) is 5.57. The van der Waals surface area contributed by atoms with Gasteiger partial charge in [-0.2, -0.15) is 0 Å². The van der Waals surface area contributed by atoms with Gasteiger partial charge in [-0.05, 0) is 49.9 Å². The van der Waals surface area contributed by atoms with Crippen LogP contribution in [0.4, 0.5) is 0 Å². The van der Waals surface area contributed by atoms with Crippen molar-refractivity contribution in [3.05, 3.63) is 35.4 Å². The van der Waals surface area contributed by atoms with Crippen molar-refractivity contribution in [3.8, 4) is 0 Å². The van der Waals surface area contributed by atoms with E-state index in [4.69, 9.17) is 0 Å². The number of hydrogen-bond acceptors (Lipinski definition) is 4. The first-order valence-corrected chi connectivity index (χ1v) is 7.18. The second kappa shape index (κ2) is 6.86. The Bertz CT molecular complexity index is 442. The molecule has 1 aromatic carbocycles. The van der Waals surface area contributed by atoms with Gasteiger partial charge in [-0.1, -0.05) is 12.1 Å². The minimum Gasteiger partial charge on any atom is -0.465 e. The van der Waals surface area contributed by atoms with Crippen LogP contribution < -0.4 is 0 Å². The van der Waals surface area contributed by atoms with Gasteiger partial charge in [-0.25, -0.2) is 4.79 Å². The zero-order valence-electron chi connectivity index (χ0n) is 12.2. The van der Waals surface area contributed by atoms with E-state index in [-0.39, 0.29) is 12.1 Å². The largest absolute Gasteiger partial charge is 0.465 e. The second-order valence-corrected chi connectivity index (χ2v) is 5.57. The van der Waals surface area contributed by atoms with Crippen LogP contribution in [0.3, 0.4) is 0 Å². The van der Waals surface area contributed by atoms with Crippen LogP contribution in [0.15, 0.2) is 24.3 Å². The normalized spacial score (nSPS) is 21.4. The van der Waals surface area contributed by atoms with Crippen molar-refractivity contribution in [1.29, 1.82) is 0 Å². The summed E-state index contributed by atoms with van der Waals surface area (Å²) in [5.41, 5.74) is 1.76. The highest BCUT2D eigenvalue weighted by Crippen LogP contribution is 2.21. The van der Waals surface area contributed by atoms with E-state index < -0.39 is 0 Å². The molecule has 20 heavy (non-hydrogen) atoms. The number of carbonyl (C=O) groups excluding carboxylic acids is 1. The van der Waals surface area contributed by atoms with Crippen molar-refractivity contribution in [1.82, 2.24) is 4.90 Å². The smallest absolute Gasteiger partial charge is 0.337 e. The fraction of sp³-hybridized carbons (Fsp3) is 0.562. The maximum atomic E-state index is 11.4. The van der Waals surface area contributed by atoms with Gasteiger partial charge in [-0.3, -0.25) is 4.90 Å². The van der Waals surface area contributed by atoms with Gasteiger partial charge in [0.15, 0.2) is 0 Å². The molecule has 0 saturated carbocycles. The van der Waals surface area contributed by atoms with E-state index >= 15 is 0 Å². The lowest BCUT2D eigenvalue weighted by Gasteiger charge is -2.34. The topological polar surface area (TPSA) is 49.8 Å². The molecular formula is C16H23NO3. The molecule has 2 unspecified atom stereocenters. The van der Waals surface area contributed by atoms with E-state index in [0.29, 0.717) is 11.5 Å². The molecule has 110 valence electrons. The first kappa shape index (κ1) is 15.0. The highest BCUT2D eigenvalue weighted by Gasteiger charge is 2.23. The summed E-state index contributed by atoms with van der Waals surface area (Å²) < 4.78 is 4.69. The number of nitrogens with zero attached hydrogens (tertiary/aromatic N) is 1. The average Bonchev–Trinajstić information content (AvgIpc) is 2.47. The molecule has 0 bridgehead atoms. The molecule has 0 amide bonds. The van der Waals surface area contributed by atoms with E-state index in [1.165, 1.54) is 12.7 Å². The molecule has 1 saturated heterocycles. The van der Waals surface area contributed by atoms with E-state index in [9.17, 15) is 9.90 Å². The van der Waals surface area contributed by atoms with E-state index in [0.717, 1.165) is 32.5 Å². The lowest BCUT2D eigenvalue weighted by molar-refractivity contribution is 0.0592. The first-order chi connectivity index (χ1) is 9.60. The number of esters is 1. The third-order valence-electron chi connectivity index (χ3n) is 4.01. The zero-order valence-corrected chi connectivity index (χ0v) is 12.2. The lowest BCUT2D eigenvalue weighted by atomic mass is 9.93. The standard InChI is InChI=1S/C16H23NO3/c1-12(18)15-4-3-9-17(11-15)10-13-5-7-14(8-6-13)16(19)20-2/h5-8,12,15,18H,3-4,9-11H2,1-2H3. The number of ether oxygens (including phenoxy) is 1. The number of aliphatic hydroxyl groups excluding tert-OH is 1. The van der Waals surface area contributed by atoms with E-state index in [2.05, 4.69) is 9.64 Å². The SMILES string of the molecule is COC(=O)c1ccc(CN2CCCC(C(C)O)C2)cc1. The summed E-state index contributed by atoms with van der Waals surface area (Å²) in [7, 11) is 1.39. The highest BCUT2D eigenvalue weighted by molar-refractivity contribution is 5.89. The van der Waals surface area contributed by atoms with E-state index in [1.54, 1.807) is 12.1 Å². The molecule has 1 aromatic rings. The Morgan fingerprint density at radius 1 is 1.45 bits per heavy atom. The average molecular weight is 277 g/mol. The lowest BCUT2D eigenvalue weighted by Crippen LogP contribution is -2.39. The van der Waals surface area contributed by atoms with Gasteiger partial charge >= 0.3 is 5.97 Å². The van der Waals surface area contributed by atoms with Gasteiger partial charge in [0.25, 0.3) is 0 Å². The fourth-order valence-corrected chi connectivity index (χ4v) is 2.75. The fourth-order valence-electron chi connectivity index (χ4n) is 2.75. The zero-order chi connectivity index (χ0) is 14.5. The predicted molar refractivity (Wildman–Crippen MR) is 77.5 cm³/mol. The molecule has 0 aliphatic carbocycles. The Morgan fingerprint density at radius 3 is 2.75 bits per heavy atom. The Kier molecular flexibility index (Phi) is 5.15. The molecule has 2 rings (SSSR count). The van der Waals surface area contributed by atoms with Gasteiger partial charge in [0.1, 0.15) is 0 Å². The third-order valence-corrected chi connectivity index (χ3v) is 4.01. The van der Waals surface area contributed by atoms with Crippen LogP contribution in [0.2, 0.25) is 0 Å². The Morgan fingerprint density at radius 2 is 2.15 bits per heavy atom. The third kappa shape index (κ3) is 3.81. The van der Waals surface area contributed by atoms with Crippen LogP contribution in [0.5, 0.6) is 0 Å². The Labute approximate surface area is 120 Å². The molecule has 1 N–H and O–H groups in total. The monoisotopic (exact) mass is 277 g/mol. The maximum absolute atomic E-state index is 11.4. The number of benzene rings is 1. The molecule has 4 heteroatoms. The van der Waals surface area contributed by atoms with Crippen LogP contribution in [0.1, 0.15) is 35.7 Å². The highest BCUT2D eigenvalue weighted by atomic mass is 16.5. The van der Waals surface area contributed by atoms with E-state index in [1.807, 2.05) is 19.1 Å². The van der Waals surface area contributed by atoms with Crippen molar-refractivity contribution >= 4 is 5.97 Å². The minimum atomic E-state index is -0.302. The number of hydrogen-bond donors (Lipinski definition) is 1. The summed E-state index contributed by atoms with van der Waals surface area (Å²) in [6, 6.07) is 7.55. The molecule has 1 heterocycles. The van der Waals surface area contributed by atoms with Crippen LogP contribution in [0, 0.1) is 5.92 Å². The molecule has 4 nitrogen and oxygen atoms in total. The summed E-state index contributed by atoms with van der Waals surface area (Å²) >= 11 is 0. The van der Waals surface area contributed by atoms with Crippen LogP contribution in [-0.2, 0) is 11.3 Å².